The minimum absolute atomic E-state index is 0.212. The summed E-state index contributed by atoms with van der Waals surface area (Å²) in [6, 6.07) is -1.16. The summed E-state index contributed by atoms with van der Waals surface area (Å²) in [6.07, 6.45) is 9.84. The minimum atomic E-state index is -1.17. The fraction of sp³-hybridized carbons (Fsp3) is 0.882. The van der Waals surface area contributed by atoms with E-state index in [1.165, 1.54) is 52.5 Å². The zero-order chi connectivity index (χ0) is 17.0. The maximum absolute atomic E-state index is 12.0. The van der Waals surface area contributed by atoms with Gasteiger partial charge in [-0.05, 0) is 13.3 Å². The highest BCUT2D eigenvalue weighted by atomic mass is 16.4. The van der Waals surface area contributed by atoms with Gasteiger partial charge < -0.3 is 15.1 Å². The molecule has 22 heavy (non-hydrogen) atoms. The van der Waals surface area contributed by atoms with Gasteiger partial charge in [-0.15, -0.1) is 0 Å². The van der Waals surface area contributed by atoms with Crippen LogP contribution < -0.4 is 0 Å². The van der Waals surface area contributed by atoms with E-state index in [1.54, 1.807) is 0 Å². The van der Waals surface area contributed by atoms with E-state index in [-0.39, 0.29) is 5.91 Å². The van der Waals surface area contributed by atoms with Gasteiger partial charge in [-0.2, -0.15) is 0 Å². The molecule has 0 heterocycles. The molecular weight excluding hydrogens is 282 g/mol. The monoisotopic (exact) mass is 315 g/mol. The van der Waals surface area contributed by atoms with Gasteiger partial charge in [0, 0.05) is 13.5 Å². The van der Waals surface area contributed by atoms with Crippen molar-refractivity contribution >= 4 is 11.9 Å². The Labute approximate surface area is 134 Å². The molecule has 0 aromatic carbocycles. The standard InChI is InChI=1S/C17H33NO4/c1-4-5-6-7-8-9-10-11-12-13-15(20)18(3)16(14(2)19)17(21)22/h14,16,19H,4-13H2,1-3H3,(H,21,22)/t14-,16+/m1/s1. The zero-order valence-electron chi connectivity index (χ0n) is 14.4. The highest BCUT2D eigenvalue weighted by Crippen LogP contribution is 2.12. The predicted molar refractivity (Wildman–Crippen MR) is 87.7 cm³/mol. The van der Waals surface area contributed by atoms with Gasteiger partial charge in [0.25, 0.3) is 0 Å². The summed E-state index contributed by atoms with van der Waals surface area (Å²) in [5, 5.41) is 18.5. The molecule has 2 N–H and O–H groups in total. The van der Waals surface area contributed by atoms with Crippen LogP contribution in [0.4, 0.5) is 0 Å². The van der Waals surface area contributed by atoms with Crippen molar-refractivity contribution in [2.45, 2.75) is 90.2 Å². The van der Waals surface area contributed by atoms with Gasteiger partial charge in [-0.25, -0.2) is 4.79 Å². The number of amides is 1. The average molecular weight is 315 g/mol. The summed E-state index contributed by atoms with van der Waals surface area (Å²) in [7, 11) is 1.45. The number of aliphatic hydroxyl groups is 1. The molecule has 0 radical (unpaired) electrons. The molecule has 0 rings (SSSR count). The smallest absolute Gasteiger partial charge is 0.329 e. The largest absolute Gasteiger partial charge is 0.480 e. The van der Waals surface area contributed by atoms with Crippen molar-refractivity contribution in [3.05, 3.63) is 0 Å². The third-order valence-electron chi connectivity index (χ3n) is 4.01. The number of rotatable bonds is 13. The summed E-state index contributed by atoms with van der Waals surface area (Å²) in [5.41, 5.74) is 0. The van der Waals surface area contributed by atoms with E-state index in [0.717, 1.165) is 24.2 Å². The Bertz CT molecular complexity index is 318. The van der Waals surface area contributed by atoms with E-state index in [2.05, 4.69) is 6.92 Å². The van der Waals surface area contributed by atoms with Crippen LogP contribution in [0.1, 0.15) is 78.1 Å². The van der Waals surface area contributed by atoms with Crippen LogP contribution in [0.2, 0.25) is 0 Å². The molecule has 0 unspecified atom stereocenters. The molecule has 2 atom stereocenters. The number of hydrogen-bond acceptors (Lipinski definition) is 3. The number of aliphatic carboxylic acids is 1. The number of nitrogens with zero attached hydrogens (tertiary/aromatic N) is 1. The lowest BCUT2D eigenvalue weighted by Gasteiger charge is -2.26. The second-order valence-electron chi connectivity index (χ2n) is 6.11. The van der Waals surface area contributed by atoms with E-state index >= 15 is 0 Å². The Kier molecular flexibility index (Phi) is 11.8. The summed E-state index contributed by atoms with van der Waals surface area (Å²) in [4.78, 5) is 24.2. The molecule has 0 aliphatic carbocycles. The summed E-state index contributed by atoms with van der Waals surface area (Å²) < 4.78 is 0. The second kappa shape index (κ2) is 12.4. The number of carbonyl (C=O) groups is 2. The Morgan fingerprint density at radius 2 is 1.41 bits per heavy atom. The van der Waals surface area contributed by atoms with Crippen LogP contribution >= 0.6 is 0 Å². The Balaban J connectivity index is 3.78. The van der Waals surface area contributed by atoms with E-state index in [4.69, 9.17) is 5.11 Å². The molecule has 5 heteroatoms. The van der Waals surface area contributed by atoms with Crippen LogP contribution in [0.15, 0.2) is 0 Å². The van der Waals surface area contributed by atoms with E-state index in [1.807, 2.05) is 0 Å². The van der Waals surface area contributed by atoms with Crippen molar-refractivity contribution in [1.29, 1.82) is 0 Å². The van der Waals surface area contributed by atoms with Crippen molar-refractivity contribution in [2.24, 2.45) is 0 Å². The number of carboxylic acid groups (broad SMARTS) is 1. The fourth-order valence-corrected chi connectivity index (χ4v) is 2.61. The molecule has 0 aliphatic rings. The van der Waals surface area contributed by atoms with Gasteiger partial charge in [0.05, 0.1) is 6.10 Å². The van der Waals surface area contributed by atoms with Crippen LogP contribution in [0.5, 0.6) is 0 Å². The van der Waals surface area contributed by atoms with Crippen molar-refractivity contribution in [3.8, 4) is 0 Å². The average Bonchev–Trinajstić information content (AvgIpc) is 2.44. The minimum Gasteiger partial charge on any atom is -0.480 e. The molecule has 0 bridgehead atoms. The highest BCUT2D eigenvalue weighted by molar-refractivity contribution is 5.83. The van der Waals surface area contributed by atoms with Crippen LogP contribution in [0.25, 0.3) is 0 Å². The first kappa shape index (κ1) is 20.9. The van der Waals surface area contributed by atoms with Gasteiger partial charge in [0.15, 0.2) is 6.04 Å². The lowest BCUT2D eigenvalue weighted by molar-refractivity contribution is -0.153. The molecule has 1 amide bonds. The first-order chi connectivity index (χ1) is 10.4. The lowest BCUT2D eigenvalue weighted by atomic mass is 10.1. The summed E-state index contributed by atoms with van der Waals surface area (Å²) in [5.74, 6) is -1.38. The maximum Gasteiger partial charge on any atom is 0.329 e. The van der Waals surface area contributed by atoms with Gasteiger partial charge in [0.1, 0.15) is 0 Å². The quantitative estimate of drug-likeness (QED) is 0.512. The molecule has 0 aromatic rings. The normalized spacial score (nSPS) is 13.6. The number of hydrogen-bond donors (Lipinski definition) is 2. The van der Waals surface area contributed by atoms with Crippen LogP contribution in [-0.2, 0) is 9.59 Å². The second-order valence-corrected chi connectivity index (χ2v) is 6.11. The molecular formula is C17H33NO4. The maximum atomic E-state index is 12.0. The highest BCUT2D eigenvalue weighted by Gasteiger charge is 2.30. The first-order valence-electron chi connectivity index (χ1n) is 8.58. The van der Waals surface area contributed by atoms with Crippen molar-refractivity contribution in [1.82, 2.24) is 4.90 Å². The fourth-order valence-electron chi connectivity index (χ4n) is 2.61. The molecule has 5 nitrogen and oxygen atoms in total. The lowest BCUT2D eigenvalue weighted by Crippen LogP contribution is -2.48. The molecule has 0 aromatic heterocycles. The Hall–Kier alpha value is -1.10. The summed E-state index contributed by atoms with van der Waals surface area (Å²) in [6.45, 7) is 3.60. The van der Waals surface area contributed by atoms with Crippen molar-refractivity contribution in [3.63, 3.8) is 0 Å². The molecule has 130 valence electrons. The Morgan fingerprint density at radius 1 is 0.955 bits per heavy atom. The first-order valence-corrected chi connectivity index (χ1v) is 8.58. The van der Waals surface area contributed by atoms with Crippen LogP contribution in [0, 0.1) is 0 Å². The van der Waals surface area contributed by atoms with E-state index in [0.29, 0.717) is 6.42 Å². The van der Waals surface area contributed by atoms with Gasteiger partial charge >= 0.3 is 5.97 Å². The number of carbonyl (C=O) groups excluding carboxylic acids is 1. The number of aliphatic hydroxyl groups excluding tert-OH is 1. The molecule has 0 spiro atoms. The van der Waals surface area contributed by atoms with E-state index in [9.17, 15) is 14.7 Å². The van der Waals surface area contributed by atoms with Crippen molar-refractivity contribution < 1.29 is 19.8 Å². The third kappa shape index (κ3) is 9.03. The Morgan fingerprint density at radius 3 is 1.82 bits per heavy atom. The molecule has 0 fully saturated rings. The van der Waals surface area contributed by atoms with Crippen LogP contribution in [0.3, 0.4) is 0 Å². The summed E-state index contributed by atoms with van der Waals surface area (Å²) >= 11 is 0. The van der Waals surface area contributed by atoms with Crippen molar-refractivity contribution in [2.75, 3.05) is 7.05 Å². The number of likely N-dealkylation sites (N-methyl/N-ethyl adjacent to an activating group) is 1. The molecule has 0 saturated carbocycles. The van der Waals surface area contributed by atoms with Gasteiger partial charge in [-0.3, -0.25) is 4.79 Å². The zero-order valence-corrected chi connectivity index (χ0v) is 14.4. The van der Waals surface area contributed by atoms with Gasteiger partial charge in [-0.1, -0.05) is 58.3 Å². The number of unbranched alkanes of at least 4 members (excludes halogenated alkanes) is 8. The van der Waals surface area contributed by atoms with Gasteiger partial charge in [0.2, 0.25) is 5.91 Å². The topological polar surface area (TPSA) is 77.8 Å². The third-order valence-corrected chi connectivity index (χ3v) is 4.01. The van der Waals surface area contributed by atoms with E-state index < -0.39 is 18.1 Å². The predicted octanol–water partition coefficient (Wildman–Crippen LogP) is 3.20. The number of carboxylic acids is 1. The molecule has 0 aliphatic heterocycles. The SMILES string of the molecule is CCCCCCCCCCCC(=O)N(C)[C@H](C(=O)O)[C@@H](C)O. The molecule has 0 saturated heterocycles. The van der Waals surface area contributed by atoms with Crippen LogP contribution in [-0.4, -0.2) is 46.2 Å².